The summed E-state index contributed by atoms with van der Waals surface area (Å²) < 4.78 is 0. The van der Waals surface area contributed by atoms with Crippen LogP contribution in [0, 0.1) is 17.0 Å². The first-order valence-corrected chi connectivity index (χ1v) is 6.53. The van der Waals surface area contributed by atoms with E-state index < -0.39 is 11.0 Å². The third kappa shape index (κ3) is 3.76. The van der Waals surface area contributed by atoms with Crippen molar-refractivity contribution in [3.05, 3.63) is 33.9 Å². The first-order valence-electron chi connectivity index (χ1n) is 6.53. The number of rotatable bonds is 4. The van der Waals surface area contributed by atoms with Crippen LogP contribution in [-0.2, 0) is 9.59 Å². The van der Waals surface area contributed by atoms with Crippen molar-refractivity contribution in [1.29, 1.82) is 0 Å². The van der Waals surface area contributed by atoms with Gasteiger partial charge in [-0.1, -0.05) is 0 Å². The van der Waals surface area contributed by atoms with Crippen LogP contribution in [0.1, 0.15) is 12.0 Å². The molecule has 1 aliphatic rings. The molecule has 112 valence electrons. The van der Waals surface area contributed by atoms with E-state index in [1.807, 2.05) is 0 Å². The lowest BCUT2D eigenvalue weighted by molar-refractivity contribution is -0.384. The minimum absolute atomic E-state index is 0.0161. The quantitative estimate of drug-likeness (QED) is 0.546. The van der Waals surface area contributed by atoms with Crippen molar-refractivity contribution >= 4 is 23.2 Å². The predicted octanol–water partition coefficient (Wildman–Crippen LogP) is 0.320. The minimum Gasteiger partial charge on any atom is -0.353 e. The van der Waals surface area contributed by atoms with Crippen LogP contribution >= 0.6 is 0 Å². The molecule has 21 heavy (non-hydrogen) atoms. The monoisotopic (exact) mass is 292 g/mol. The smallest absolute Gasteiger partial charge is 0.269 e. The lowest BCUT2D eigenvalue weighted by Crippen LogP contribution is -2.53. The summed E-state index contributed by atoms with van der Waals surface area (Å²) in [5, 5.41) is 19.0. The van der Waals surface area contributed by atoms with Gasteiger partial charge in [0.15, 0.2) is 0 Å². The Hall–Kier alpha value is -2.48. The number of amides is 2. The average molecular weight is 292 g/mol. The third-order valence-electron chi connectivity index (χ3n) is 3.22. The maximum atomic E-state index is 11.9. The molecule has 2 amide bonds. The molecule has 0 aromatic heterocycles. The van der Waals surface area contributed by atoms with Crippen LogP contribution in [0.2, 0.25) is 0 Å². The van der Waals surface area contributed by atoms with Crippen molar-refractivity contribution in [2.45, 2.75) is 19.4 Å². The number of anilines is 1. The number of nitrogens with zero attached hydrogens (tertiary/aromatic N) is 1. The van der Waals surface area contributed by atoms with Crippen LogP contribution in [0.4, 0.5) is 11.4 Å². The second kappa shape index (κ2) is 6.31. The largest absolute Gasteiger partial charge is 0.353 e. The lowest BCUT2D eigenvalue weighted by atomic mass is 10.1. The molecule has 0 saturated carbocycles. The van der Waals surface area contributed by atoms with E-state index in [2.05, 4.69) is 16.0 Å². The average Bonchev–Trinajstić information content (AvgIpc) is 2.43. The molecule has 2 rings (SSSR count). The number of nitro benzene ring substituents is 1. The Kier molecular flexibility index (Phi) is 4.49. The van der Waals surface area contributed by atoms with Crippen molar-refractivity contribution in [3.8, 4) is 0 Å². The maximum absolute atomic E-state index is 11.9. The standard InChI is InChI=1S/C13H16N4O4/c1-8-6-9(17(20)21)2-3-10(8)16-12(18)7-11-13(19)15-5-4-14-11/h2-3,6,11,14H,4-5,7H2,1H3,(H,15,19)(H,16,18)/t11-/m0/s1. The highest BCUT2D eigenvalue weighted by atomic mass is 16.6. The van der Waals surface area contributed by atoms with E-state index in [1.165, 1.54) is 18.2 Å². The molecule has 1 aromatic carbocycles. The number of carbonyl (C=O) groups excluding carboxylic acids is 2. The number of non-ortho nitro benzene ring substituents is 1. The van der Waals surface area contributed by atoms with Crippen LogP contribution < -0.4 is 16.0 Å². The van der Waals surface area contributed by atoms with Gasteiger partial charge in [0.2, 0.25) is 11.8 Å². The van der Waals surface area contributed by atoms with E-state index >= 15 is 0 Å². The van der Waals surface area contributed by atoms with Gasteiger partial charge >= 0.3 is 0 Å². The molecule has 0 radical (unpaired) electrons. The molecule has 1 atom stereocenters. The minimum atomic E-state index is -0.544. The van der Waals surface area contributed by atoms with E-state index in [0.717, 1.165) is 0 Å². The zero-order valence-electron chi connectivity index (χ0n) is 11.5. The summed E-state index contributed by atoms with van der Waals surface area (Å²) in [5.74, 6) is -0.515. The summed E-state index contributed by atoms with van der Waals surface area (Å²) in [4.78, 5) is 33.6. The van der Waals surface area contributed by atoms with Gasteiger partial charge in [-0.3, -0.25) is 19.7 Å². The highest BCUT2D eigenvalue weighted by Crippen LogP contribution is 2.21. The van der Waals surface area contributed by atoms with Crippen molar-refractivity contribution in [2.75, 3.05) is 18.4 Å². The van der Waals surface area contributed by atoms with Crippen molar-refractivity contribution in [1.82, 2.24) is 10.6 Å². The lowest BCUT2D eigenvalue weighted by Gasteiger charge is -2.23. The molecule has 1 heterocycles. The second-order valence-corrected chi connectivity index (χ2v) is 4.81. The van der Waals surface area contributed by atoms with E-state index in [1.54, 1.807) is 6.92 Å². The number of carbonyl (C=O) groups is 2. The van der Waals surface area contributed by atoms with Crippen LogP contribution in [0.15, 0.2) is 18.2 Å². The summed E-state index contributed by atoms with van der Waals surface area (Å²) in [6.07, 6.45) is 0.0161. The number of nitro groups is 1. The molecule has 0 aliphatic carbocycles. The Morgan fingerprint density at radius 2 is 2.24 bits per heavy atom. The van der Waals surface area contributed by atoms with Crippen LogP contribution in [0.5, 0.6) is 0 Å². The van der Waals surface area contributed by atoms with Gasteiger partial charge in [0.1, 0.15) is 0 Å². The molecule has 1 fully saturated rings. The van der Waals surface area contributed by atoms with Gasteiger partial charge in [0, 0.05) is 30.9 Å². The highest BCUT2D eigenvalue weighted by Gasteiger charge is 2.24. The topological polar surface area (TPSA) is 113 Å². The molecule has 1 aromatic rings. The number of piperazine rings is 1. The summed E-state index contributed by atoms with van der Waals surface area (Å²) in [6.45, 7) is 2.85. The molecular weight excluding hydrogens is 276 g/mol. The van der Waals surface area contributed by atoms with Gasteiger partial charge in [0.25, 0.3) is 5.69 Å². The summed E-state index contributed by atoms with van der Waals surface area (Å²) in [6, 6.07) is 3.66. The zero-order valence-corrected chi connectivity index (χ0v) is 11.5. The Labute approximate surface area is 121 Å². The van der Waals surface area contributed by atoms with Gasteiger partial charge < -0.3 is 16.0 Å². The molecule has 8 heteroatoms. The van der Waals surface area contributed by atoms with Crippen LogP contribution in [-0.4, -0.2) is 35.9 Å². The molecule has 0 bridgehead atoms. The van der Waals surface area contributed by atoms with Gasteiger partial charge in [0.05, 0.1) is 17.4 Å². The SMILES string of the molecule is Cc1cc([N+](=O)[O-])ccc1NC(=O)C[C@@H]1NCCNC1=O. The molecular formula is C13H16N4O4. The van der Waals surface area contributed by atoms with Crippen molar-refractivity contribution in [3.63, 3.8) is 0 Å². The van der Waals surface area contributed by atoms with Gasteiger partial charge in [-0.05, 0) is 18.6 Å². The predicted molar refractivity (Wildman–Crippen MR) is 75.9 cm³/mol. The highest BCUT2D eigenvalue weighted by molar-refractivity contribution is 5.96. The Morgan fingerprint density at radius 3 is 2.86 bits per heavy atom. The first kappa shape index (κ1) is 14.9. The maximum Gasteiger partial charge on any atom is 0.269 e. The second-order valence-electron chi connectivity index (χ2n) is 4.81. The fourth-order valence-electron chi connectivity index (χ4n) is 2.10. The molecule has 1 aliphatic heterocycles. The summed E-state index contributed by atoms with van der Waals surface area (Å²) in [7, 11) is 0. The first-order chi connectivity index (χ1) is 9.97. The Bertz CT molecular complexity index is 588. The molecule has 8 nitrogen and oxygen atoms in total. The number of benzene rings is 1. The molecule has 0 unspecified atom stereocenters. The van der Waals surface area contributed by atoms with E-state index in [4.69, 9.17) is 0 Å². The van der Waals surface area contributed by atoms with Crippen molar-refractivity contribution < 1.29 is 14.5 Å². The number of hydrogen-bond acceptors (Lipinski definition) is 5. The Balaban J connectivity index is 1.99. The van der Waals surface area contributed by atoms with E-state index in [0.29, 0.717) is 24.3 Å². The normalized spacial score (nSPS) is 18.0. The summed E-state index contributed by atoms with van der Waals surface area (Å²) in [5.41, 5.74) is 1.07. The Morgan fingerprint density at radius 1 is 1.48 bits per heavy atom. The number of nitrogens with one attached hydrogen (secondary N) is 3. The molecule has 1 saturated heterocycles. The third-order valence-corrected chi connectivity index (χ3v) is 3.22. The van der Waals surface area contributed by atoms with Crippen LogP contribution in [0.3, 0.4) is 0 Å². The fourth-order valence-corrected chi connectivity index (χ4v) is 2.10. The molecule has 3 N–H and O–H groups in total. The number of hydrogen-bond donors (Lipinski definition) is 3. The molecule has 0 spiro atoms. The van der Waals surface area contributed by atoms with E-state index in [-0.39, 0.29) is 23.9 Å². The zero-order chi connectivity index (χ0) is 15.4. The summed E-state index contributed by atoms with van der Waals surface area (Å²) >= 11 is 0. The fraction of sp³-hybridized carbons (Fsp3) is 0.385. The van der Waals surface area contributed by atoms with Gasteiger partial charge in [-0.2, -0.15) is 0 Å². The van der Waals surface area contributed by atoms with Crippen LogP contribution in [0.25, 0.3) is 0 Å². The van der Waals surface area contributed by atoms with Crippen molar-refractivity contribution in [2.24, 2.45) is 0 Å². The number of aryl methyl sites for hydroxylation is 1. The van der Waals surface area contributed by atoms with E-state index in [9.17, 15) is 19.7 Å². The van der Waals surface area contributed by atoms with Gasteiger partial charge in [-0.25, -0.2) is 0 Å². The van der Waals surface area contributed by atoms with Gasteiger partial charge in [-0.15, -0.1) is 0 Å².